The topological polar surface area (TPSA) is 58.5 Å². The Balaban J connectivity index is 2.91. The molecule has 0 atom stereocenters. The Labute approximate surface area is 121 Å². The maximum atomic E-state index is 5.42. The second-order valence-corrected chi connectivity index (χ2v) is 5.04. The molecule has 0 saturated heterocycles. The van der Waals surface area contributed by atoms with Gasteiger partial charge in [0.05, 0.1) is 19.3 Å². The molecule has 0 aliphatic heterocycles. The van der Waals surface area contributed by atoms with Gasteiger partial charge in [0.1, 0.15) is 5.75 Å². The zero-order valence-corrected chi connectivity index (χ0v) is 13.4. The minimum atomic E-state index is 0.342. The lowest BCUT2D eigenvalue weighted by atomic mass is 10.1. The first kappa shape index (κ1) is 16.3. The smallest absolute Gasteiger partial charge is 0.191 e. The zero-order chi connectivity index (χ0) is 15.1. The van der Waals surface area contributed by atoms with E-state index < -0.39 is 0 Å². The lowest BCUT2D eigenvalue weighted by Crippen LogP contribution is -2.41. The maximum Gasteiger partial charge on any atom is 0.191 e. The van der Waals surface area contributed by atoms with Crippen molar-refractivity contribution in [3.05, 3.63) is 23.0 Å². The number of aryl methyl sites for hydroxylation is 1. The summed E-state index contributed by atoms with van der Waals surface area (Å²) in [4.78, 5) is 9.02. The van der Waals surface area contributed by atoms with Crippen LogP contribution in [0.25, 0.3) is 0 Å². The maximum absolute atomic E-state index is 5.42. The third-order valence-electron chi connectivity index (χ3n) is 2.91. The summed E-state index contributed by atoms with van der Waals surface area (Å²) in [6.45, 7) is 11.6. The summed E-state index contributed by atoms with van der Waals surface area (Å²) >= 11 is 0. The number of pyridine rings is 1. The van der Waals surface area contributed by atoms with Gasteiger partial charge >= 0.3 is 0 Å². The molecule has 1 rings (SSSR count). The molecule has 0 fully saturated rings. The third-order valence-corrected chi connectivity index (χ3v) is 2.91. The molecular formula is C15H26N4O. The van der Waals surface area contributed by atoms with E-state index in [1.54, 1.807) is 7.11 Å². The van der Waals surface area contributed by atoms with Crippen molar-refractivity contribution in [2.24, 2.45) is 4.99 Å². The van der Waals surface area contributed by atoms with Gasteiger partial charge in [-0.1, -0.05) is 0 Å². The van der Waals surface area contributed by atoms with Gasteiger partial charge in [-0.3, -0.25) is 4.98 Å². The first-order valence-electron chi connectivity index (χ1n) is 7.03. The number of guanidine groups is 1. The largest absolute Gasteiger partial charge is 0.496 e. The highest BCUT2D eigenvalue weighted by molar-refractivity contribution is 5.79. The molecule has 0 radical (unpaired) electrons. The Morgan fingerprint density at radius 2 is 2.10 bits per heavy atom. The summed E-state index contributed by atoms with van der Waals surface area (Å²) in [5.41, 5.74) is 3.04. The molecule has 0 aliphatic carbocycles. The van der Waals surface area contributed by atoms with Gasteiger partial charge in [0.15, 0.2) is 5.96 Å². The number of nitrogens with zero attached hydrogens (tertiary/aromatic N) is 2. The van der Waals surface area contributed by atoms with Crippen LogP contribution in [0, 0.1) is 13.8 Å². The molecule has 0 saturated carbocycles. The summed E-state index contributed by atoms with van der Waals surface area (Å²) in [5.74, 6) is 1.70. The van der Waals surface area contributed by atoms with Crippen LogP contribution >= 0.6 is 0 Å². The lowest BCUT2D eigenvalue weighted by molar-refractivity contribution is 0.407. The van der Waals surface area contributed by atoms with Crippen LogP contribution in [0.5, 0.6) is 5.75 Å². The summed E-state index contributed by atoms with van der Waals surface area (Å²) in [6.07, 6.45) is 1.83. The van der Waals surface area contributed by atoms with Gasteiger partial charge in [0.2, 0.25) is 0 Å². The minimum absolute atomic E-state index is 0.342. The Morgan fingerprint density at radius 1 is 1.40 bits per heavy atom. The van der Waals surface area contributed by atoms with Crippen LogP contribution < -0.4 is 15.4 Å². The standard InChI is InChI=1S/C15H26N4O/c1-7-16-15(19-10(2)3)18-9-13-12(5)14(20-6)11(4)8-17-13/h8,10H,7,9H2,1-6H3,(H2,16,18,19). The van der Waals surface area contributed by atoms with E-state index in [4.69, 9.17) is 4.74 Å². The van der Waals surface area contributed by atoms with Gasteiger partial charge in [-0.25, -0.2) is 4.99 Å². The Morgan fingerprint density at radius 3 is 2.65 bits per heavy atom. The van der Waals surface area contributed by atoms with Crippen molar-refractivity contribution in [2.45, 2.75) is 47.2 Å². The summed E-state index contributed by atoms with van der Waals surface area (Å²) in [5, 5.41) is 6.51. The van der Waals surface area contributed by atoms with E-state index in [1.807, 2.05) is 20.0 Å². The first-order valence-corrected chi connectivity index (χ1v) is 7.03. The Hall–Kier alpha value is -1.78. The van der Waals surface area contributed by atoms with E-state index in [9.17, 15) is 0 Å². The van der Waals surface area contributed by atoms with Crippen LogP contribution in [0.2, 0.25) is 0 Å². The highest BCUT2D eigenvalue weighted by Crippen LogP contribution is 2.24. The second-order valence-electron chi connectivity index (χ2n) is 5.04. The molecule has 5 nitrogen and oxygen atoms in total. The number of aliphatic imine (C=N–C) groups is 1. The van der Waals surface area contributed by atoms with Crippen molar-refractivity contribution in [3.8, 4) is 5.75 Å². The number of hydrogen-bond donors (Lipinski definition) is 2. The summed E-state index contributed by atoms with van der Waals surface area (Å²) in [6, 6.07) is 0.342. The molecule has 5 heteroatoms. The minimum Gasteiger partial charge on any atom is -0.496 e. The number of aromatic nitrogens is 1. The molecular weight excluding hydrogens is 252 g/mol. The fourth-order valence-corrected chi connectivity index (χ4v) is 1.98. The number of rotatable bonds is 5. The fraction of sp³-hybridized carbons (Fsp3) is 0.600. The molecule has 20 heavy (non-hydrogen) atoms. The van der Waals surface area contributed by atoms with Crippen LogP contribution in [-0.4, -0.2) is 30.6 Å². The van der Waals surface area contributed by atoms with Gasteiger partial charge in [-0.15, -0.1) is 0 Å². The molecule has 0 aromatic carbocycles. The fourth-order valence-electron chi connectivity index (χ4n) is 1.98. The number of hydrogen-bond acceptors (Lipinski definition) is 3. The summed E-state index contributed by atoms with van der Waals surface area (Å²) < 4.78 is 5.42. The van der Waals surface area contributed by atoms with E-state index >= 15 is 0 Å². The normalized spacial score (nSPS) is 11.7. The van der Waals surface area contributed by atoms with E-state index in [0.29, 0.717) is 12.6 Å². The Bertz CT molecular complexity index is 469. The van der Waals surface area contributed by atoms with Crippen molar-refractivity contribution in [3.63, 3.8) is 0 Å². The van der Waals surface area contributed by atoms with Crippen molar-refractivity contribution < 1.29 is 4.74 Å². The van der Waals surface area contributed by atoms with Crippen molar-refractivity contribution in [2.75, 3.05) is 13.7 Å². The molecule has 1 heterocycles. The molecule has 0 aliphatic rings. The quantitative estimate of drug-likeness (QED) is 0.640. The predicted molar refractivity (Wildman–Crippen MR) is 83.4 cm³/mol. The first-order chi connectivity index (χ1) is 9.49. The zero-order valence-electron chi connectivity index (χ0n) is 13.4. The van der Waals surface area contributed by atoms with Gasteiger partial charge in [0.25, 0.3) is 0 Å². The van der Waals surface area contributed by atoms with Gasteiger partial charge < -0.3 is 15.4 Å². The molecule has 1 aromatic heterocycles. The van der Waals surface area contributed by atoms with Gasteiger partial charge in [-0.05, 0) is 34.6 Å². The van der Waals surface area contributed by atoms with E-state index in [0.717, 1.165) is 35.1 Å². The van der Waals surface area contributed by atoms with Gasteiger partial charge in [-0.2, -0.15) is 0 Å². The van der Waals surface area contributed by atoms with Crippen LogP contribution in [0.1, 0.15) is 37.6 Å². The van der Waals surface area contributed by atoms with Crippen LogP contribution in [0.3, 0.4) is 0 Å². The lowest BCUT2D eigenvalue weighted by Gasteiger charge is -2.15. The molecule has 0 spiro atoms. The molecule has 112 valence electrons. The number of ether oxygens (including phenoxy) is 1. The highest BCUT2D eigenvalue weighted by atomic mass is 16.5. The van der Waals surface area contributed by atoms with Crippen LogP contribution in [0.15, 0.2) is 11.2 Å². The van der Waals surface area contributed by atoms with E-state index in [1.165, 1.54) is 0 Å². The van der Waals surface area contributed by atoms with E-state index in [2.05, 4.69) is 41.4 Å². The van der Waals surface area contributed by atoms with Crippen molar-refractivity contribution in [1.29, 1.82) is 0 Å². The Kier molecular flexibility index (Phi) is 6.28. The number of methoxy groups -OCH3 is 1. The molecule has 0 unspecified atom stereocenters. The SMILES string of the molecule is CCNC(=NCc1ncc(C)c(OC)c1C)NC(C)C. The molecule has 1 aromatic rings. The summed E-state index contributed by atoms with van der Waals surface area (Å²) in [7, 11) is 1.69. The van der Waals surface area contributed by atoms with Crippen molar-refractivity contribution >= 4 is 5.96 Å². The van der Waals surface area contributed by atoms with E-state index in [-0.39, 0.29) is 0 Å². The molecule has 0 amide bonds. The highest BCUT2D eigenvalue weighted by Gasteiger charge is 2.09. The average molecular weight is 278 g/mol. The number of nitrogens with one attached hydrogen (secondary N) is 2. The average Bonchev–Trinajstić information content (AvgIpc) is 2.38. The third kappa shape index (κ3) is 4.40. The second kappa shape index (κ2) is 7.72. The molecule has 0 bridgehead atoms. The van der Waals surface area contributed by atoms with Gasteiger partial charge in [0, 0.05) is 29.9 Å². The van der Waals surface area contributed by atoms with Crippen LogP contribution in [0.4, 0.5) is 0 Å². The molecule has 2 N–H and O–H groups in total. The van der Waals surface area contributed by atoms with Crippen LogP contribution in [-0.2, 0) is 6.54 Å². The predicted octanol–water partition coefficient (Wildman–Crippen LogP) is 2.17. The van der Waals surface area contributed by atoms with Crippen molar-refractivity contribution in [1.82, 2.24) is 15.6 Å². The monoisotopic (exact) mass is 278 g/mol.